The SMILES string of the molecule is CCCCC1N(Cc2ccccc2C)C(=O)OC12CCN(C1CCN(C(=O)c3c(C)cccc3C)CC1)CC2. The molecule has 3 aliphatic rings. The second-order valence-corrected chi connectivity index (χ2v) is 12.0. The minimum absolute atomic E-state index is 0.128. The van der Waals surface area contributed by atoms with E-state index in [2.05, 4.69) is 43.0 Å². The van der Waals surface area contributed by atoms with Crippen LogP contribution in [0.25, 0.3) is 0 Å². The molecule has 3 aliphatic heterocycles. The zero-order chi connectivity index (χ0) is 27.6. The summed E-state index contributed by atoms with van der Waals surface area (Å²) in [4.78, 5) is 33.2. The summed E-state index contributed by atoms with van der Waals surface area (Å²) in [5.74, 6) is 0.173. The van der Waals surface area contributed by atoms with Crippen LogP contribution in [0.15, 0.2) is 42.5 Å². The number of aryl methyl sites for hydroxylation is 3. The van der Waals surface area contributed by atoms with Gasteiger partial charge in [0.15, 0.2) is 0 Å². The molecule has 1 atom stereocenters. The minimum Gasteiger partial charge on any atom is -0.440 e. The number of rotatable bonds is 7. The fourth-order valence-corrected chi connectivity index (χ4v) is 7.12. The smallest absolute Gasteiger partial charge is 0.411 e. The van der Waals surface area contributed by atoms with Crippen molar-refractivity contribution in [3.8, 4) is 0 Å². The lowest BCUT2D eigenvalue weighted by Gasteiger charge is -2.46. The van der Waals surface area contributed by atoms with E-state index < -0.39 is 0 Å². The largest absolute Gasteiger partial charge is 0.440 e. The van der Waals surface area contributed by atoms with E-state index in [0.717, 1.165) is 87.8 Å². The molecule has 2 aromatic carbocycles. The van der Waals surface area contributed by atoms with Crippen LogP contribution in [0.5, 0.6) is 0 Å². The summed E-state index contributed by atoms with van der Waals surface area (Å²) in [7, 11) is 0. The van der Waals surface area contributed by atoms with Gasteiger partial charge in [-0.15, -0.1) is 0 Å². The average molecular weight is 532 g/mol. The summed E-state index contributed by atoms with van der Waals surface area (Å²) in [6.07, 6.45) is 6.84. The Bertz CT molecular complexity index is 1160. The maximum atomic E-state index is 13.3. The van der Waals surface area contributed by atoms with Crippen molar-refractivity contribution in [3.63, 3.8) is 0 Å². The van der Waals surface area contributed by atoms with E-state index >= 15 is 0 Å². The molecular formula is C33H45N3O3. The Labute approximate surface area is 234 Å². The van der Waals surface area contributed by atoms with Crippen molar-refractivity contribution in [3.05, 3.63) is 70.3 Å². The first-order valence-electron chi connectivity index (χ1n) is 15.0. The first-order valence-corrected chi connectivity index (χ1v) is 15.0. The molecule has 2 amide bonds. The Morgan fingerprint density at radius 2 is 1.56 bits per heavy atom. The Balaban J connectivity index is 1.21. The van der Waals surface area contributed by atoms with Crippen LogP contribution in [0, 0.1) is 20.8 Å². The van der Waals surface area contributed by atoms with Gasteiger partial charge in [-0.3, -0.25) is 14.6 Å². The lowest BCUT2D eigenvalue weighted by atomic mass is 9.81. The van der Waals surface area contributed by atoms with Crippen molar-refractivity contribution < 1.29 is 14.3 Å². The Morgan fingerprint density at radius 3 is 2.21 bits per heavy atom. The molecule has 3 fully saturated rings. The van der Waals surface area contributed by atoms with Crippen molar-refractivity contribution in [2.24, 2.45) is 0 Å². The molecule has 2 aromatic rings. The van der Waals surface area contributed by atoms with Crippen molar-refractivity contribution in [1.82, 2.24) is 14.7 Å². The van der Waals surface area contributed by atoms with Gasteiger partial charge in [0.2, 0.25) is 0 Å². The number of carbonyl (C=O) groups is 2. The molecule has 6 nitrogen and oxygen atoms in total. The first-order chi connectivity index (χ1) is 18.8. The molecule has 0 aliphatic carbocycles. The number of nitrogens with zero attached hydrogens (tertiary/aromatic N) is 3. The number of benzene rings is 2. The van der Waals surface area contributed by atoms with E-state index in [1.54, 1.807) is 0 Å². The third-order valence-corrected chi connectivity index (χ3v) is 9.55. The van der Waals surface area contributed by atoms with Crippen LogP contribution in [0.4, 0.5) is 4.79 Å². The molecule has 3 saturated heterocycles. The fraction of sp³-hybridized carbons (Fsp3) is 0.576. The fourth-order valence-electron chi connectivity index (χ4n) is 7.12. The van der Waals surface area contributed by atoms with Gasteiger partial charge in [-0.2, -0.15) is 0 Å². The summed E-state index contributed by atoms with van der Waals surface area (Å²) in [6.45, 7) is 12.5. The normalized spacial score (nSPS) is 21.9. The highest BCUT2D eigenvalue weighted by Gasteiger charge is 2.54. The Hall–Kier alpha value is -2.86. The van der Waals surface area contributed by atoms with E-state index in [1.165, 1.54) is 11.1 Å². The van der Waals surface area contributed by atoms with Crippen LogP contribution in [-0.2, 0) is 11.3 Å². The maximum Gasteiger partial charge on any atom is 0.411 e. The monoisotopic (exact) mass is 531 g/mol. The topological polar surface area (TPSA) is 53.1 Å². The molecule has 0 N–H and O–H groups in total. The standard InChI is InChI=1S/C33H45N3O3/c1-5-6-14-29-33(39-32(38)36(29)23-27-13-8-7-10-24(27)2)17-21-34(22-18-33)28-15-19-35(20-16-28)31(37)30-25(3)11-9-12-26(30)4/h7-13,28-29H,5-6,14-23H2,1-4H3. The van der Waals surface area contributed by atoms with Crippen LogP contribution in [-0.4, -0.2) is 70.6 Å². The number of amides is 2. The predicted octanol–water partition coefficient (Wildman–Crippen LogP) is 6.26. The highest BCUT2D eigenvalue weighted by molar-refractivity contribution is 5.97. The molecule has 5 rings (SSSR count). The van der Waals surface area contributed by atoms with E-state index in [0.29, 0.717) is 12.6 Å². The lowest BCUT2D eigenvalue weighted by molar-refractivity contribution is -0.0383. The minimum atomic E-state index is -0.384. The Morgan fingerprint density at radius 1 is 0.923 bits per heavy atom. The number of likely N-dealkylation sites (tertiary alicyclic amines) is 2. The zero-order valence-corrected chi connectivity index (χ0v) is 24.2. The van der Waals surface area contributed by atoms with Gasteiger partial charge < -0.3 is 9.64 Å². The molecule has 1 spiro atoms. The van der Waals surface area contributed by atoms with Gasteiger partial charge in [-0.05, 0) is 62.3 Å². The molecule has 210 valence electrons. The summed E-state index contributed by atoms with van der Waals surface area (Å²) in [5.41, 5.74) is 5.02. The quantitative estimate of drug-likeness (QED) is 0.423. The van der Waals surface area contributed by atoms with E-state index in [1.807, 2.05) is 41.8 Å². The van der Waals surface area contributed by atoms with Gasteiger partial charge in [-0.25, -0.2) is 4.79 Å². The number of hydrogen-bond donors (Lipinski definition) is 0. The predicted molar refractivity (Wildman–Crippen MR) is 155 cm³/mol. The van der Waals surface area contributed by atoms with E-state index in [4.69, 9.17) is 4.74 Å². The number of piperidine rings is 2. The molecule has 0 radical (unpaired) electrons. The molecule has 6 heteroatoms. The van der Waals surface area contributed by atoms with Gasteiger partial charge in [-0.1, -0.05) is 62.2 Å². The van der Waals surface area contributed by atoms with Gasteiger partial charge in [0.05, 0.1) is 6.04 Å². The molecule has 39 heavy (non-hydrogen) atoms. The van der Waals surface area contributed by atoms with Crippen molar-refractivity contribution in [2.75, 3.05) is 26.2 Å². The second kappa shape index (κ2) is 11.7. The van der Waals surface area contributed by atoms with Gasteiger partial charge in [0, 0.05) is 57.2 Å². The summed E-state index contributed by atoms with van der Waals surface area (Å²) >= 11 is 0. The Kier molecular flexibility index (Phi) is 8.32. The van der Waals surface area contributed by atoms with Gasteiger partial charge >= 0.3 is 6.09 Å². The van der Waals surface area contributed by atoms with Crippen molar-refractivity contribution in [1.29, 1.82) is 0 Å². The molecule has 1 unspecified atom stereocenters. The third kappa shape index (κ3) is 5.58. The molecule has 0 bridgehead atoms. The number of ether oxygens (including phenoxy) is 1. The summed E-state index contributed by atoms with van der Waals surface area (Å²) in [5, 5.41) is 0. The second-order valence-electron chi connectivity index (χ2n) is 12.0. The molecule has 0 saturated carbocycles. The van der Waals surface area contributed by atoms with E-state index in [9.17, 15) is 9.59 Å². The third-order valence-electron chi connectivity index (χ3n) is 9.55. The molecular weight excluding hydrogens is 486 g/mol. The van der Waals surface area contributed by atoms with Crippen LogP contribution in [0.3, 0.4) is 0 Å². The number of unbranched alkanes of at least 4 members (excludes halogenated alkanes) is 1. The lowest BCUT2D eigenvalue weighted by Crippen LogP contribution is -2.56. The highest BCUT2D eigenvalue weighted by atomic mass is 16.6. The highest BCUT2D eigenvalue weighted by Crippen LogP contribution is 2.42. The van der Waals surface area contributed by atoms with E-state index in [-0.39, 0.29) is 23.6 Å². The average Bonchev–Trinajstić information content (AvgIpc) is 3.18. The van der Waals surface area contributed by atoms with Crippen LogP contribution >= 0.6 is 0 Å². The first kappa shape index (κ1) is 27.7. The zero-order valence-electron chi connectivity index (χ0n) is 24.2. The van der Waals surface area contributed by atoms with Crippen LogP contribution < -0.4 is 0 Å². The van der Waals surface area contributed by atoms with Crippen molar-refractivity contribution >= 4 is 12.0 Å². The summed E-state index contributed by atoms with van der Waals surface area (Å²) < 4.78 is 6.29. The van der Waals surface area contributed by atoms with Crippen LogP contribution in [0.1, 0.15) is 84.5 Å². The van der Waals surface area contributed by atoms with Crippen molar-refractivity contribution in [2.45, 2.75) is 96.9 Å². The maximum absolute atomic E-state index is 13.3. The molecule has 3 heterocycles. The van der Waals surface area contributed by atoms with Gasteiger partial charge in [0.25, 0.3) is 5.91 Å². The summed E-state index contributed by atoms with van der Waals surface area (Å²) in [6, 6.07) is 15.1. The molecule has 0 aromatic heterocycles. The van der Waals surface area contributed by atoms with Gasteiger partial charge in [0.1, 0.15) is 5.60 Å². The number of hydrogen-bond acceptors (Lipinski definition) is 4. The van der Waals surface area contributed by atoms with Crippen LogP contribution in [0.2, 0.25) is 0 Å². The number of carbonyl (C=O) groups excluding carboxylic acids is 2.